The van der Waals surface area contributed by atoms with Gasteiger partial charge in [-0.25, -0.2) is 9.97 Å². The van der Waals surface area contributed by atoms with Crippen LogP contribution in [0.3, 0.4) is 0 Å². The molecule has 1 saturated carbocycles. The zero-order valence-electron chi connectivity index (χ0n) is 9.91. The minimum absolute atomic E-state index is 0.648. The highest BCUT2D eigenvalue weighted by molar-refractivity contribution is 9.10. The summed E-state index contributed by atoms with van der Waals surface area (Å²) in [6, 6.07) is 2.65. The molecule has 0 unspecified atom stereocenters. The average Bonchev–Trinajstić information content (AvgIpc) is 2.28. The lowest BCUT2D eigenvalue weighted by molar-refractivity contribution is 0.425. The predicted molar refractivity (Wildman–Crippen MR) is 69.7 cm³/mol. The minimum atomic E-state index is 0.648. The molecule has 2 rings (SSSR count). The van der Waals surface area contributed by atoms with Crippen LogP contribution in [-0.4, -0.2) is 23.1 Å². The van der Waals surface area contributed by atoms with Crippen molar-refractivity contribution in [2.75, 3.05) is 11.9 Å². The third-order valence-corrected chi connectivity index (χ3v) is 3.68. The van der Waals surface area contributed by atoms with Crippen molar-refractivity contribution in [1.82, 2.24) is 9.97 Å². The summed E-state index contributed by atoms with van der Waals surface area (Å²) in [7, 11) is 2.14. The summed E-state index contributed by atoms with van der Waals surface area (Å²) in [5.74, 6) is 1.86. The molecule has 0 spiro atoms. The second kappa shape index (κ2) is 5.13. The van der Waals surface area contributed by atoms with Gasteiger partial charge in [-0.2, -0.15) is 0 Å². The van der Waals surface area contributed by atoms with E-state index < -0.39 is 0 Å². The number of hydrogen-bond acceptors (Lipinski definition) is 3. The maximum absolute atomic E-state index is 4.49. The Morgan fingerprint density at radius 3 is 2.56 bits per heavy atom. The SMILES string of the molecule is Cc1nc(Br)cc(N(C)C2CCCCC2)n1. The molecule has 88 valence electrons. The predicted octanol–water partition coefficient (Wildman–Crippen LogP) is 3.32. The van der Waals surface area contributed by atoms with E-state index in [1.807, 2.05) is 13.0 Å². The van der Waals surface area contributed by atoms with Gasteiger partial charge < -0.3 is 4.90 Å². The quantitative estimate of drug-likeness (QED) is 0.780. The van der Waals surface area contributed by atoms with Crippen LogP contribution in [0.5, 0.6) is 0 Å². The van der Waals surface area contributed by atoms with Gasteiger partial charge in [-0.05, 0) is 35.7 Å². The van der Waals surface area contributed by atoms with E-state index >= 15 is 0 Å². The monoisotopic (exact) mass is 283 g/mol. The lowest BCUT2D eigenvalue weighted by Gasteiger charge is -2.32. The van der Waals surface area contributed by atoms with E-state index in [1.54, 1.807) is 0 Å². The van der Waals surface area contributed by atoms with Crippen molar-refractivity contribution < 1.29 is 0 Å². The van der Waals surface area contributed by atoms with Crippen LogP contribution in [0.25, 0.3) is 0 Å². The number of hydrogen-bond donors (Lipinski definition) is 0. The number of aryl methyl sites for hydroxylation is 1. The first-order valence-corrected chi connectivity index (χ1v) is 6.70. The number of anilines is 1. The first kappa shape index (κ1) is 11.8. The molecule has 0 amide bonds. The molecule has 1 fully saturated rings. The van der Waals surface area contributed by atoms with Crippen molar-refractivity contribution >= 4 is 21.7 Å². The largest absolute Gasteiger partial charge is 0.357 e. The van der Waals surface area contributed by atoms with Gasteiger partial charge >= 0.3 is 0 Å². The fourth-order valence-electron chi connectivity index (χ4n) is 2.35. The molecule has 0 radical (unpaired) electrons. The van der Waals surface area contributed by atoms with Crippen molar-refractivity contribution in [2.45, 2.75) is 45.1 Å². The van der Waals surface area contributed by atoms with Crippen LogP contribution in [-0.2, 0) is 0 Å². The normalized spacial score (nSPS) is 17.4. The molecule has 1 aromatic rings. The molecule has 1 aliphatic carbocycles. The Kier molecular flexibility index (Phi) is 3.79. The van der Waals surface area contributed by atoms with Crippen LogP contribution >= 0.6 is 15.9 Å². The fraction of sp³-hybridized carbons (Fsp3) is 0.667. The summed E-state index contributed by atoms with van der Waals surface area (Å²) in [6.07, 6.45) is 6.66. The molecule has 3 nitrogen and oxygen atoms in total. The number of aromatic nitrogens is 2. The van der Waals surface area contributed by atoms with Gasteiger partial charge in [0.15, 0.2) is 0 Å². The second-order valence-electron chi connectivity index (χ2n) is 4.50. The van der Waals surface area contributed by atoms with Gasteiger partial charge in [0.05, 0.1) is 0 Å². The molecule has 0 N–H and O–H groups in total. The van der Waals surface area contributed by atoms with Gasteiger partial charge in [-0.1, -0.05) is 19.3 Å². The Labute approximate surface area is 105 Å². The Balaban J connectivity index is 2.15. The summed E-state index contributed by atoms with van der Waals surface area (Å²) in [5, 5.41) is 0. The van der Waals surface area contributed by atoms with Crippen LogP contribution in [0, 0.1) is 6.92 Å². The Morgan fingerprint density at radius 1 is 1.25 bits per heavy atom. The first-order valence-electron chi connectivity index (χ1n) is 5.91. The van der Waals surface area contributed by atoms with Crippen LogP contribution in [0.2, 0.25) is 0 Å². The van der Waals surface area contributed by atoms with E-state index in [1.165, 1.54) is 32.1 Å². The van der Waals surface area contributed by atoms with Crippen LogP contribution in [0.15, 0.2) is 10.7 Å². The van der Waals surface area contributed by atoms with Crippen LogP contribution in [0.4, 0.5) is 5.82 Å². The van der Waals surface area contributed by atoms with Crippen LogP contribution < -0.4 is 4.90 Å². The molecule has 16 heavy (non-hydrogen) atoms. The highest BCUT2D eigenvalue weighted by Crippen LogP contribution is 2.25. The fourth-order valence-corrected chi connectivity index (χ4v) is 2.81. The molecular formula is C12H18BrN3. The number of nitrogens with zero attached hydrogens (tertiary/aromatic N) is 3. The smallest absolute Gasteiger partial charge is 0.133 e. The number of halogens is 1. The van der Waals surface area contributed by atoms with Crippen molar-refractivity contribution in [3.8, 4) is 0 Å². The van der Waals surface area contributed by atoms with Gasteiger partial charge in [0, 0.05) is 19.2 Å². The summed E-state index contributed by atoms with van der Waals surface area (Å²) in [6.45, 7) is 1.93. The third-order valence-electron chi connectivity index (χ3n) is 3.28. The van der Waals surface area contributed by atoms with E-state index in [2.05, 4.69) is 37.8 Å². The van der Waals surface area contributed by atoms with Gasteiger partial charge in [0.1, 0.15) is 16.2 Å². The molecular weight excluding hydrogens is 266 g/mol. The zero-order chi connectivity index (χ0) is 11.5. The van der Waals surface area contributed by atoms with E-state index in [0.29, 0.717) is 6.04 Å². The van der Waals surface area contributed by atoms with E-state index in [9.17, 15) is 0 Å². The van der Waals surface area contributed by atoms with Gasteiger partial charge in [0.2, 0.25) is 0 Å². The molecule has 0 atom stereocenters. The molecule has 1 aromatic heterocycles. The number of rotatable bonds is 2. The summed E-state index contributed by atoms with van der Waals surface area (Å²) in [5.41, 5.74) is 0. The Hall–Kier alpha value is -0.640. The third kappa shape index (κ3) is 2.73. The van der Waals surface area contributed by atoms with E-state index in [-0.39, 0.29) is 0 Å². The highest BCUT2D eigenvalue weighted by Gasteiger charge is 2.19. The maximum atomic E-state index is 4.49. The lowest BCUT2D eigenvalue weighted by atomic mass is 9.94. The molecule has 0 aliphatic heterocycles. The van der Waals surface area contributed by atoms with Gasteiger partial charge in [-0.3, -0.25) is 0 Å². The second-order valence-corrected chi connectivity index (χ2v) is 5.31. The lowest BCUT2D eigenvalue weighted by Crippen LogP contribution is -2.34. The maximum Gasteiger partial charge on any atom is 0.133 e. The van der Waals surface area contributed by atoms with E-state index in [0.717, 1.165) is 16.2 Å². The molecule has 0 saturated heterocycles. The van der Waals surface area contributed by atoms with E-state index in [4.69, 9.17) is 0 Å². The Morgan fingerprint density at radius 2 is 1.94 bits per heavy atom. The van der Waals surface area contributed by atoms with Crippen molar-refractivity contribution in [3.63, 3.8) is 0 Å². The topological polar surface area (TPSA) is 29.0 Å². The average molecular weight is 284 g/mol. The highest BCUT2D eigenvalue weighted by atomic mass is 79.9. The van der Waals surface area contributed by atoms with Crippen molar-refractivity contribution in [3.05, 3.63) is 16.5 Å². The van der Waals surface area contributed by atoms with Gasteiger partial charge in [0.25, 0.3) is 0 Å². The first-order chi connectivity index (χ1) is 7.66. The summed E-state index contributed by atoms with van der Waals surface area (Å²) >= 11 is 3.43. The summed E-state index contributed by atoms with van der Waals surface area (Å²) < 4.78 is 0.873. The van der Waals surface area contributed by atoms with Crippen LogP contribution in [0.1, 0.15) is 37.9 Å². The Bertz CT molecular complexity index is 341. The van der Waals surface area contributed by atoms with Gasteiger partial charge in [-0.15, -0.1) is 0 Å². The minimum Gasteiger partial charge on any atom is -0.357 e. The van der Waals surface area contributed by atoms with Crippen molar-refractivity contribution in [1.29, 1.82) is 0 Å². The standard InChI is InChI=1S/C12H18BrN3/c1-9-14-11(13)8-12(15-9)16(2)10-6-4-3-5-7-10/h8,10H,3-7H2,1-2H3. The van der Waals surface area contributed by atoms with Crippen molar-refractivity contribution in [2.24, 2.45) is 0 Å². The molecule has 1 heterocycles. The summed E-state index contributed by atoms with van der Waals surface area (Å²) in [4.78, 5) is 11.0. The molecule has 1 aliphatic rings. The molecule has 0 bridgehead atoms. The molecule has 0 aromatic carbocycles. The molecule has 4 heteroatoms. The zero-order valence-corrected chi connectivity index (χ0v) is 11.5.